The average Bonchev–Trinajstić information content (AvgIpc) is 1.62. The van der Waals surface area contributed by atoms with Gasteiger partial charge in [0.15, 0.2) is 0 Å². The van der Waals surface area contributed by atoms with Gasteiger partial charge in [-0.05, 0) is 11.6 Å². The minimum absolute atomic E-state index is 1.68. The van der Waals surface area contributed by atoms with Crippen molar-refractivity contribution in [1.29, 1.82) is 0 Å². The topological polar surface area (TPSA) is 74.6 Å². The third-order valence-electron chi connectivity index (χ3n) is 0.483. The van der Waals surface area contributed by atoms with Crippen LogP contribution in [0.25, 0.3) is 0 Å². The summed E-state index contributed by atoms with van der Waals surface area (Å²) in [6.07, 6.45) is 0. The zero-order valence-electron chi connectivity index (χ0n) is 3.99. The number of alkyl halides is 1. The highest BCUT2D eigenvalue weighted by atomic mass is 35.5. The fourth-order valence-corrected chi connectivity index (χ4v) is 0.778. The molecule has 0 aromatic rings. The number of carbonyl (C=O) groups excluding carboxylic acids is 1. The van der Waals surface area contributed by atoms with Crippen molar-refractivity contribution in [2.45, 2.75) is 5.91 Å². The molecule has 1 atom stereocenters. The molecule has 1 unspecified atom stereocenters. The predicted molar refractivity (Wildman–Crippen MR) is 27.8 cm³/mol. The first-order chi connectivity index (χ1) is 3.85. The maximum atomic E-state index is 11.8. The summed E-state index contributed by atoms with van der Waals surface area (Å²) in [7, 11) is -4.96. The van der Waals surface area contributed by atoms with Crippen LogP contribution in [0.1, 0.15) is 0 Å². The van der Waals surface area contributed by atoms with E-state index in [1.54, 1.807) is 0 Å². The lowest BCUT2D eigenvalue weighted by Gasteiger charge is -2.02. The van der Waals surface area contributed by atoms with Crippen LogP contribution in [-0.2, 0) is 9.36 Å². The highest BCUT2D eigenvalue weighted by Crippen LogP contribution is 2.42. The summed E-state index contributed by atoms with van der Waals surface area (Å²) in [5.41, 5.74) is 0. The molecule has 0 rings (SSSR count). The molecule has 4 nitrogen and oxygen atoms in total. The van der Waals surface area contributed by atoms with E-state index < -0.39 is 18.8 Å². The van der Waals surface area contributed by atoms with E-state index in [1.807, 2.05) is 0 Å². The highest BCUT2D eigenvalue weighted by molar-refractivity contribution is 7.54. The van der Waals surface area contributed by atoms with Gasteiger partial charge in [0.05, 0.1) is 0 Å². The molecule has 0 amide bonds. The molecular formula is C2H3ClFO4P. The molecule has 0 fully saturated rings. The van der Waals surface area contributed by atoms with E-state index in [2.05, 4.69) is 11.6 Å². The Morgan fingerprint density at radius 3 is 2.00 bits per heavy atom. The number of carbonyl (C=O) groups is 1. The Kier molecular flexibility index (Phi) is 2.76. The molecule has 54 valence electrons. The van der Waals surface area contributed by atoms with E-state index in [4.69, 9.17) is 9.79 Å². The summed E-state index contributed by atoms with van der Waals surface area (Å²) in [6.45, 7) is 0. The van der Waals surface area contributed by atoms with Crippen molar-refractivity contribution in [3.63, 3.8) is 0 Å². The molecule has 7 heteroatoms. The van der Waals surface area contributed by atoms with Gasteiger partial charge in [-0.1, -0.05) is 0 Å². The number of rotatable bonds is 2. The third-order valence-corrected chi connectivity index (χ3v) is 1.65. The molecule has 0 aliphatic rings. The Balaban J connectivity index is 4.23. The molecule has 0 bridgehead atoms. The largest absolute Gasteiger partial charge is 0.368 e. The minimum atomic E-state index is -4.96. The Morgan fingerprint density at radius 2 is 2.00 bits per heavy atom. The van der Waals surface area contributed by atoms with Gasteiger partial charge in [-0.3, -0.25) is 9.36 Å². The zero-order valence-corrected chi connectivity index (χ0v) is 5.64. The second kappa shape index (κ2) is 2.75. The normalized spacial score (nSPS) is 15.1. The van der Waals surface area contributed by atoms with Crippen molar-refractivity contribution < 1.29 is 23.5 Å². The van der Waals surface area contributed by atoms with E-state index in [0.29, 0.717) is 0 Å². The summed E-state index contributed by atoms with van der Waals surface area (Å²) >= 11 is 4.41. The summed E-state index contributed by atoms with van der Waals surface area (Å²) in [4.78, 5) is 25.5. The Hall–Kier alpha value is 0.0400. The molecule has 0 aromatic heterocycles. The summed E-state index contributed by atoms with van der Waals surface area (Å²) < 4.78 is 21.6. The van der Waals surface area contributed by atoms with Crippen LogP contribution >= 0.6 is 19.2 Å². The molecule has 2 N–H and O–H groups in total. The molecule has 0 aromatic carbocycles. The molecule has 0 aliphatic heterocycles. The van der Waals surface area contributed by atoms with Gasteiger partial charge in [0, 0.05) is 0 Å². The summed E-state index contributed by atoms with van der Waals surface area (Å²) in [6, 6.07) is 0. The van der Waals surface area contributed by atoms with Crippen molar-refractivity contribution in [3.05, 3.63) is 0 Å². The SMILES string of the molecule is O=C(Cl)C(F)P(=O)(O)O. The minimum Gasteiger partial charge on any atom is -0.322 e. The first-order valence-corrected chi connectivity index (χ1v) is 3.80. The second-order valence-corrected chi connectivity index (χ2v) is 3.23. The lowest BCUT2D eigenvalue weighted by atomic mass is 10.9. The van der Waals surface area contributed by atoms with Gasteiger partial charge < -0.3 is 9.79 Å². The van der Waals surface area contributed by atoms with E-state index >= 15 is 0 Å². The van der Waals surface area contributed by atoms with Gasteiger partial charge in [0.25, 0.3) is 11.2 Å². The Morgan fingerprint density at radius 1 is 1.67 bits per heavy atom. The quantitative estimate of drug-likeness (QED) is 0.466. The summed E-state index contributed by atoms with van der Waals surface area (Å²) in [5, 5.41) is -1.68. The maximum absolute atomic E-state index is 11.8. The van der Waals surface area contributed by atoms with Crippen molar-refractivity contribution in [1.82, 2.24) is 0 Å². The lowest BCUT2D eigenvalue weighted by Crippen LogP contribution is -2.08. The smallest absolute Gasteiger partial charge is 0.322 e. The molecule has 0 heterocycles. The van der Waals surface area contributed by atoms with Crippen molar-refractivity contribution >= 4 is 24.4 Å². The van der Waals surface area contributed by atoms with Gasteiger partial charge in [-0.25, -0.2) is 4.39 Å². The predicted octanol–water partition coefficient (Wildman–Crippen LogP) is 0.225. The molecule has 0 saturated heterocycles. The van der Waals surface area contributed by atoms with Gasteiger partial charge >= 0.3 is 7.60 Å². The van der Waals surface area contributed by atoms with Crippen LogP contribution in [0.4, 0.5) is 4.39 Å². The van der Waals surface area contributed by atoms with Crippen LogP contribution in [0.3, 0.4) is 0 Å². The van der Waals surface area contributed by atoms with Gasteiger partial charge in [0.2, 0.25) is 0 Å². The number of hydrogen-bond donors (Lipinski definition) is 2. The van der Waals surface area contributed by atoms with Gasteiger partial charge in [0.1, 0.15) is 0 Å². The first kappa shape index (κ1) is 9.04. The van der Waals surface area contributed by atoms with Crippen LogP contribution in [0.15, 0.2) is 0 Å². The fraction of sp³-hybridized carbons (Fsp3) is 0.500. The van der Waals surface area contributed by atoms with Gasteiger partial charge in [-0.15, -0.1) is 0 Å². The van der Waals surface area contributed by atoms with Crippen molar-refractivity contribution in [2.75, 3.05) is 0 Å². The lowest BCUT2D eigenvalue weighted by molar-refractivity contribution is -0.114. The summed E-state index contributed by atoms with van der Waals surface area (Å²) in [5.74, 6) is -2.89. The van der Waals surface area contributed by atoms with Crippen LogP contribution in [0, 0.1) is 0 Å². The monoisotopic (exact) mass is 176 g/mol. The Bertz CT molecular complexity index is 164. The maximum Gasteiger partial charge on any atom is 0.368 e. The first-order valence-electron chi connectivity index (χ1n) is 1.74. The number of halogens is 2. The van der Waals surface area contributed by atoms with E-state index in [-0.39, 0.29) is 0 Å². The molecule has 0 aliphatic carbocycles. The van der Waals surface area contributed by atoms with Crippen LogP contribution in [-0.4, -0.2) is 20.9 Å². The van der Waals surface area contributed by atoms with Crippen LogP contribution < -0.4 is 0 Å². The van der Waals surface area contributed by atoms with Crippen LogP contribution in [0.5, 0.6) is 0 Å². The molecule has 0 radical (unpaired) electrons. The molecule has 9 heavy (non-hydrogen) atoms. The Labute approximate surface area is 54.8 Å². The van der Waals surface area contributed by atoms with Crippen molar-refractivity contribution in [3.8, 4) is 0 Å². The number of hydrogen-bond acceptors (Lipinski definition) is 2. The molecule has 0 saturated carbocycles. The van der Waals surface area contributed by atoms with Crippen molar-refractivity contribution in [2.24, 2.45) is 0 Å². The van der Waals surface area contributed by atoms with Crippen LogP contribution in [0.2, 0.25) is 0 Å². The highest BCUT2D eigenvalue weighted by Gasteiger charge is 2.34. The zero-order chi connectivity index (χ0) is 7.65. The van der Waals surface area contributed by atoms with E-state index in [0.717, 1.165) is 0 Å². The molecular weight excluding hydrogens is 173 g/mol. The fourth-order valence-electron chi connectivity index (χ4n) is 0.132. The standard InChI is InChI=1S/C2H3ClFO4P/c3-1(5)2(4)9(6,7)8/h2H,(H2,6,7,8). The van der Waals surface area contributed by atoms with Gasteiger partial charge in [-0.2, -0.15) is 0 Å². The third kappa shape index (κ3) is 2.91. The average molecular weight is 176 g/mol. The second-order valence-electron chi connectivity index (χ2n) is 1.23. The van der Waals surface area contributed by atoms with E-state index in [1.165, 1.54) is 0 Å². The molecule has 0 spiro atoms. The van der Waals surface area contributed by atoms with E-state index in [9.17, 15) is 13.8 Å².